The molecule has 80 valence electrons. The zero-order valence-corrected chi connectivity index (χ0v) is 9.13. The first-order valence-electron chi connectivity index (χ1n) is 5.09. The highest BCUT2D eigenvalue weighted by Gasteiger charge is 2.48. The molecule has 2 unspecified atom stereocenters. The molecular formula is C11H18O3. The van der Waals surface area contributed by atoms with E-state index in [0.29, 0.717) is 13.2 Å². The van der Waals surface area contributed by atoms with Crippen LogP contribution in [0, 0.1) is 0 Å². The van der Waals surface area contributed by atoms with Crippen molar-refractivity contribution in [1.29, 1.82) is 0 Å². The quantitative estimate of drug-likeness (QED) is 0.641. The lowest BCUT2D eigenvalue weighted by Gasteiger charge is -2.24. The first-order chi connectivity index (χ1) is 6.71. The van der Waals surface area contributed by atoms with Crippen LogP contribution in [0.25, 0.3) is 0 Å². The topological polar surface area (TPSA) is 27.7 Å². The average molecular weight is 198 g/mol. The van der Waals surface area contributed by atoms with Gasteiger partial charge in [-0.2, -0.15) is 0 Å². The summed E-state index contributed by atoms with van der Waals surface area (Å²) in [6.45, 7) is 3.51. The highest BCUT2D eigenvalue weighted by atomic mass is 16.5. The summed E-state index contributed by atoms with van der Waals surface area (Å²) in [5.41, 5.74) is 2.54. The van der Waals surface area contributed by atoms with Crippen molar-refractivity contribution in [3.05, 3.63) is 11.1 Å². The van der Waals surface area contributed by atoms with E-state index in [1.54, 1.807) is 14.2 Å². The molecule has 2 aliphatic heterocycles. The van der Waals surface area contributed by atoms with Crippen LogP contribution in [0.4, 0.5) is 0 Å². The van der Waals surface area contributed by atoms with Crippen molar-refractivity contribution >= 4 is 0 Å². The molecule has 2 atom stereocenters. The van der Waals surface area contributed by atoms with E-state index in [1.165, 1.54) is 11.1 Å². The molecule has 3 nitrogen and oxygen atoms in total. The molecule has 1 fully saturated rings. The van der Waals surface area contributed by atoms with E-state index in [4.69, 9.17) is 14.2 Å². The van der Waals surface area contributed by atoms with Gasteiger partial charge < -0.3 is 14.2 Å². The third-order valence-electron chi connectivity index (χ3n) is 3.29. The number of rotatable bonds is 4. The molecule has 0 spiro atoms. The van der Waals surface area contributed by atoms with Gasteiger partial charge in [0, 0.05) is 14.2 Å². The largest absolute Gasteiger partial charge is 0.380 e. The molecule has 0 amide bonds. The first kappa shape index (κ1) is 10.1. The van der Waals surface area contributed by atoms with E-state index in [2.05, 4.69) is 6.92 Å². The Morgan fingerprint density at radius 3 is 2.71 bits per heavy atom. The van der Waals surface area contributed by atoms with Crippen LogP contribution in [0.1, 0.15) is 19.8 Å². The lowest BCUT2D eigenvalue weighted by atomic mass is 9.84. The summed E-state index contributed by atoms with van der Waals surface area (Å²) >= 11 is 0. The minimum absolute atomic E-state index is 0.0749. The molecule has 0 aromatic heterocycles. The molecule has 0 aliphatic carbocycles. The fraction of sp³-hybridized carbons (Fsp3) is 0.818. The molecule has 0 aromatic carbocycles. The third kappa shape index (κ3) is 1.40. The summed E-state index contributed by atoms with van der Waals surface area (Å²) in [6, 6.07) is 0. The SMILES string of the molecule is COCC1=C(COC)C2(C)CCC1O2. The second-order valence-electron chi connectivity index (χ2n) is 4.25. The second-order valence-corrected chi connectivity index (χ2v) is 4.25. The molecule has 0 saturated carbocycles. The first-order valence-corrected chi connectivity index (χ1v) is 5.09. The second kappa shape index (κ2) is 3.65. The molecule has 2 aliphatic rings. The van der Waals surface area contributed by atoms with Crippen LogP contribution < -0.4 is 0 Å². The Bertz CT molecular complexity index is 259. The Balaban J connectivity index is 2.25. The standard InChI is InChI=1S/C11H18O3/c1-11-5-4-10(14-11)8(6-12-2)9(11)7-13-3/h10H,4-7H2,1-3H3. The van der Waals surface area contributed by atoms with E-state index in [9.17, 15) is 0 Å². The van der Waals surface area contributed by atoms with Crippen LogP contribution >= 0.6 is 0 Å². The molecule has 2 bridgehead atoms. The van der Waals surface area contributed by atoms with E-state index in [-0.39, 0.29) is 11.7 Å². The maximum Gasteiger partial charge on any atom is 0.0899 e. The number of hydrogen-bond acceptors (Lipinski definition) is 3. The molecule has 0 N–H and O–H groups in total. The smallest absolute Gasteiger partial charge is 0.0899 e. The number of methoxy groups -OCH3 is 2. The summed E-state index contributed by atoms with van der Waals surface area (Å²) in [6.07, 6.45) is 2.52. The molecule has 3 heteroatoms. The van der Waals surface area contributed by atoms with Gasteiger partial charge in [-0.25, -0.2) is 0 Å². The zero-order chi connectivity index (χ0) is 10.2. The number of hydrogen-bond donors (Lipinski definition) is 0. The summed E-state index contributed by atoms with van der Waals surface area (Å²) in [7, 11) is 3.46. The van der Waals surface area contributed by atoms with Crippen molar-refractivity contribution in [2.75, 3.05) is 27.4 Å². The van der Waals surface area contributed by atoms with Gasteiger partial charge in [-0.05, 0) is 30.9 Å². The van der Waals surface area contributed by atoms with Crippen molar-refractivity contribution in [2.24, 2.45) is 0 Å². The van der Waals surface area contributed by atoms with Gasteiger partial charge in [0.2, 0.25) is 0 Å². The molecule has 2 heterocycles. The van der Waals surface area contributed by atoms with Crippen LogP contribution in [0.15, 0.2) is 11.1 Å². The van der Waals surface area contributed by atoms with Gasteiger partial charge in [0.05, 0.1) is 24.9 Å². The minimum atomic E-state index is -0.0749. The summed E-state index contributed by atoms with van der Waals surface area (Å²) in [5.74, 6) is 0. The van der Waals surface area contributed by atoms with Crippen LogP contribution in [0.5, 0.6) is 0 Å². The Hall–Kier alpha value is -0.380. The molecule has 2 rings (SSSR count). The van der Waals surface area contributed by atoms with Crippen molar-refractivity contribution in [1.82, 2.24) is 0 Å². The Morgan fingerprint density at radius 1 is 1.36 bits per heavy atom. The van der Waals surface area contributed by atoms with Gasteiger partial charge in [-0.15, -0.1) is 0 Å². The third-order valence-corrected chi connectivity index (χ3v) is 3.29. The lowest BCUT2D eigenvalue weighted by Crippen LogP contribution is -2.26. The van der Waals surface area contributed by atoms with Crippen LogP contribution in [-0.2, 0) is 14.2 Å². The maximum atomic E-state index is 5.96. The van der Waals surface area contributed by atoms with Crippen LogP contribution in [0.2, 0.25) is 0 Å². The lowest BCUT2D eigenvalue weighted by molar-refractivity contribution is 0.0281. The molecule has 0 radical (unpaired) electrons. The van der Waals surface area contributed by atoms with Gasteiger partial charge in [0.1, 0.15) is 0 Å². The van der Waals surface area contributed by atoms with E-state index in [0.717, 1.165) is 12.8 Å². The van der Waals surface area contributed by atoms with Gasteiger partial charge in [0.25, 0.3) is 0 Å². The van der Waals surface area contributed by atoms with Crippen molar-refractivity contribution in [3.63, 3.8) is 0 Å². The predicted molar refractivity (Wildman–Crippen MR) is 53.3 cm³/mol. The fourth-order valence-corrected chi connectivity index (χ4v) is 2.56. The zero-order valence-electron chi connectivity index (χ0n) is 9.13. The molecular weight excluding hydrogens is 180 g/mol. The van der Waals surface area contributed by atoms with Crippen LogP contribution in [-0.4, -0.2) is 39.1 Å². The van der Waals surface area contributed by atoms with Crippen LogP contribution in [0.3, 0.4) is 0 Å². The molecule has 14 heavy (non-hydrogen) atoms. The average Bonchev–Trinajstić information content (AvgIpc) is 2.64. The Kier molecular flexibility index (Phi) is 2.64. The number of fused-ring (bicyclic) bond motifs is 2. The van der Waals surface area contributed by atoms with Crippen molar-refractivity contribution in [2.45, 2.75) is 31.5 Å². The number of ether oxygens (including phenoxy) is 3. The summed E-state index contributed by atoms with van der Waals surface area (Å²) in [4.78, 5) is 0. The Morgan fingerprint density at radius 2 is 2.07 bits per heavy atom. The van der Waals surface area contributed by atoms with E-state index < -0.39 is 0 Å². The normalized spacial score (nSPS) is 35.8. The summed E-state index contributed by atoms with van der Waals surface area (Å²) < 4.78 is 16.4. The van der Waals surface area contributed by atoms with E-state index >= 15 is 0 Å². The fourth-order valence-electron chi connectivity index (χ4n) is 2.56. The predicted octanol–water partition coefficient (Wildman–Crippen LogP) is 1.53. The van der Waals surface area contributed by atoms with Gasteiger partial charge in [-0.3, -0.25) is 0 Å². The highest BCUT2D eigenvalue weighted by Crippen LogP contribution is 2.47. The van der Waals surface area contributed by atoms with Gasteiger partial charge >= 0.3 is 0 Å². The monoisotopic (exact) mass is 198 g/mol. The Labute approximate surface area is 85.0 Å². The highest BCUT2D eigenvalue weighted by molar-refractivity contribution is 5.36. The maximum absolute atomic E-state index is 5.96. The molecule has 1 saturated heterocycles. The van der Waals surface area contributed by atoms with Crippen molar-refractivity contribution in [3.8, 4) is 0 Å². The van der Waals surface area contributed by atoms with E-state index in [1.807, 2.05) is 0 Å². The van der Waals surface area contributed by atoms with Gasteiger partial charge in [0.15, 0.2) is 0 Å². The summed E-state index contributed by atoms with van der Waals surface area (Å²) in [5, 5.41) is 0. The molecule has 0 aromatic rings. The minimum Gasteiger partial charge on any atom is -0.380 e. The van der Waals surface area contributed by atoms with Gasteiger partial charge in [-0.1, -0.05) is 0 Å². The van der Waals surface area contributed by atoms with Crippen molar-refractivity contribution < 1.29 is 14.2 Å².